The molecule has 0 fully saturated rings. The monoisotopic (exact) mass is 537 g/mol. The van der Waals surface area contributed by atoms with Crippen molar-refractivity contribution in [1.82, 2.24) is 14.4 Å². The van der Waals surface area contributed by atoms with Crippen LogP contribution in [0.25, 0.3) is 50.6 Å². The van der Waals surface area contributed by atoms with Gasteiger partial charge in [0.1, 0.15) is 5.65 Å². The van der Waals surface area contributed by atoms with Gasteiger partial charge in [0.2, 0.25) is 0 Å². The highest BCUT2D eigenvalue weighted by Gasteiger charge is 2.27. The first kappa shape index (κ1) is 22.8. The van der Waals surface area contributed by atoms with Crippen molar-refractivity contribution in [3.05, 3.63) is 120 Å². The van der Waals surface area contributed by atoms with E-state index in [0.29, 0.717) is 0 Å². The molecule has 0 spiro atoms. The van der Waals surface area contributed by atoms with E-state index in [0.717, 1.165) is 51.3 Å². The molecular weight excluding hydrogens is 513 g/mol. The molecule has 0 unspecified atom stereocenters. The molecule has 0 atom stereocenters. The quantitative estimate of drug-likeness (QED) is 0.226. The van der Waals surface area contributed by atoms with Gasteiger partial charge in [-0.25, -0.2) is 9.97 Å². The molecule has 0 N–H and O–H groups in total. The lowest BCUT2D eigenvalue weighted by Crippen LogP contribution is -2.34. The largest absolute Gasteiger partial charge is 0.292 e. The first-order valence-corrected chi connectivity index (χ1v) is 16.1. The molecule has 0 saturated heterocycles. The topological polar surface area (TPSA) is 30.2 Å². The predicted octanol–water partition coefficient (Wildman–Crippen LogP) is 5.30. The molecule has 186 valence electrons. The second-order valence-electron chi connectivity index (χ2n) is 10.1. The number of para-hydroxylation sites is 2. The predicted molar refractivity (Wildman–Crippen MR) is 169 cm³/mol. The van der Waals surface area contributed by atoms with Gasteiger partial charge in [-0.15, -0.1) is 0 Å². The molecule has 0 aliphatic heterocycles. The van der Waals surface area contributed by atoms with Gasteiger partial charge < -0.3 is 0 Å². The van der Waals surface area contributed by atoms with Gasteiger partial charge in [-0.2, -0.15) is 0 Å². The van der Waals surface area contributed by atoms with E-state index in [9.17, 15) is 0 Å². The molecule has 3 aromatic heterocycles. The number of pyridine rings is 2. The van der Waals surface area contributed by atoms with Gasteiger partial charge in [0.25, 0.3) is 0 Å². The van der Waals surface area contributed by atoms with E-state index in [1.165, 1.54) is 26.5 Å². The first-order valence-electron chi connectivity index (χ1n) is 13.3. The van der Waals surface area contributed by atoms with Gasteiger partial charge in [-0.05, 0) is 47.7 Å². The molecule has 1 aliphatic carbocycles. The highest BCUT2D eigenvalue weighted by atomic mass is 32.4. The van der Waals surface area contributed by atoms with Gasteiger partial charge in [0, 0.05) is 27.3 Å². The lowest BCUT2D eigenvalue weighted by molar-refractivity contribution is 1.06. The van der Waals surface area contributed by atoms with Crippen LogP contribution in [0.4, 0.5) is 0 Å². The van der Waals surface area contributed by atoms with Crippen LogP contribution in [0.5, 0.6) is 0 Å². The van der Waals surface area contributed by atoms with Crippen molar-refractivity contribution >= 4 is 84.4 Å². The molecule has 3 heterocycles. The molecule has 1 aliphatic rings. The van der Waals surface area contributed by atoms with Crippen molar-refractivity contribution < 1.29 is 0 Å². The van der Waals surface area contributed by atoms with Gasteiger partial charge >= 0.3 is 0 Å². The summed E-state index contributed by atoms with van der Waals surface area (Å²) in [6.07, 6.45) is 6.72. The fourth-order valence-corrected chi connectivity index (χ4v) is 10.1. The van der Waals surface area contributed by atoms with Crippen LogP contribution in [-0.2, 0) is 11.8 Å². The van der Waals surface area contributed by atoms with Crippen LogP contribution in [0.1, 0.15) is 12.8 Å². The summed E-state index contributed by atoms with van der Waals surface area (Å²) in [5.41, 5.74) is 5.07. The van der Waals surface area contributed by atoms with E-state index >= 15 is 0 Å². The van der Waals surface area contributed by atoms with E-state index in [4.69, 9.17) is 21.8 Å². The molecule has 3 nitrogen and oxygen atoms in total. The molecule has 0 radical (unpaired) electrons. The van der Waals surface area contributed by atoms with Crippen LogP contribution in [0.3, 0.4) is 0 Å². The summed E-state index contributed by atoms with van der Waals surface area (Å²) in [4.78, 5) is 10.5. The van der Waals surface area contributed by atoms with Crippen LogP contribution in [-0.4, -0.2) is 14.4 Å². The van der Waals surface area contributed by atoms with Crippen LogP contribution in [0.15, 0.2) is 109 Å². The summed E-state index contributed by atoms with van der Waals surface area (Å²) in [5, 5.41) is 8.11. The number of fused-ring (bicyclic) bond motifs is 9. The number of hydrogen-bond donors (Lipinski definition) is 0. The second-order valence-corrected chi connectivity index (χ2v) is 14.4. The van der Waals surface area contributed by atoms with Gasteiger partial charge in [-0.3, -0.25) is 4.40 Å². The van der Waals surface area contributed by atoms with E-state index in [2.05, 4.69) is 126 Å². The summed E-state index contributed by atoms with van der Waals surface area (Å²) in [6.45, 7) is 0. The minimum atomic E-state index is -2.36. The maximum absolute atomic E-state index is 6.75. The van der Waals surface area contributed by atoms with Crippen molar-refractivity contribution in [2.75, 3.05) is 0 Å². The highest BCUT2D eigenvalue weighted by Crippen LogP contribution is 2.44. The lowest BCUT2D eigenvalue weighted by Gasteiger charge is -2.25. The van der Waals surface area contributed by atoms with Crippen LogP contribution < -0.4 is 26.5 Å². The van der Waals surface area contributed by atoms with E-state index in [1.54, 1.807) is 0 Å². The van der Waals surface area contributed by atoms with Crippen LogP contribution in [0.2, 0.25) is 0 Å². The van der Waals surface area contributed by atoms with E-state index < -0.39 is 6.04 Å². The molecule has 0 bridgehead atoms. The van der Waals surface area contributed by atoms with Crippen molar-refractivity contribution in [3.63, 3.8) is 0 Å². The summed E-state index contributed by atoms with van der Waals surface area (Å²) in [7, 11) is 0. The summed E-state index contributed by atoms with van der Waals surface area (Å²) in [6, 6.07) is 36.0. The third-order valence-corrected chi connectivity index (χ3v) is 12.8. The Bertz CT molecular complexity index is 2210. The fourth-order valence-electron chi connectivity index (χ4n) is 6.08. The zero-order valence-electron chi connectivity index (χ0n) is 21.2. The maximum Gasteiger partial charge on any atom is 0.147 e. The fraction of sp³-hybridized carbons (Fsp3) is 0.0588. The number of hydrogen-bond acceptors (Lipinski definition) is 3. The second kappa shape index (κ2) is 8.71. The van der Waals surface area contributed by atoms with E-state index in [1.807, 2.05) is 0 Å². The Morgan fingerprint density at radius 1 is 0.641 bits per heavy atom. The zero-order valence-corrected chi connectivity index (χ0v) is 22.9. The number of rotatable bonds is 3. The Hall–Kier alpha value is -4.11. The van der Waals surface area contributed by atoms with Gasteiger partial charge in [0.05, 0.1) is 27.4 Å². The number of nitrogens with zero attached hydrogens (tertiary/aromatic N) is 3. The summed E-state index contributed by atoms with van der Waals surface area (Å²) in [5.74, 6) is 0. The van der Waals surface area contributed by atoms with Crippen LogP contribution in [0, 0.1) is 0 Å². The Kier molecular flexibility index (Phi) is 5.10. The van der Waals surface area contributed by atoms with Crippen molar-refractivity contribution in [3.8, 4) is 0 Å². The molecule has 0 saturated carbocycles. The SMILES string of the molecule is S=P(c1ccccc1)(c1ccccc1)c1cccc2nc3c4c(n5c6ccccc6nc5c3cc12)=CCCC=4. The molecule has 39 heavy (non-hydrogen) atoms. The average molecular weight is 538 g/mol. The Morgan fingerprint density at radius 3 is 2.08 bits per heavy atom. The van der Waals surface area contributed by atoms with Crippen molar-refractivity contribution in [2.45, 2.75) is 12.8 Å². The number of imidazole rings is 1. The molecule has 7 aromatic rings. The lowest BCUT2D eigenvalue weighted by atomic mass is 10.1. The smallest absolute Gasteiger partial charge is 0.147 e. The Morgan fingerprint density at radius 2 is 1.31 bits per heavy atom. The highest BCUT2D eigenvalue weighted by molar-refractivity contribution is 8.25. The van der Waals surface area contributed by atoms with Gasteiger partial charge in [0.15, 0.2) is 0 Å². The van der Waals surface area contributed by atoms with Crippen LogP contribution >= 0.6 is 6.04 Å². The normalized spacial score (nSPS) is 13.4. The zero-order chi connectivity index (χ0) is 26.0. The number of aromatic nitrogens is 3. The average Bonchev–Trinajstić information content (AvgIpc) is 3.41. The Balaban J connectivity index is 1.56. The maximum atomic E-state index is 6.75. The summed E-state index contributed by atoms with van der Waals surface area (Å²) < 4.78 is 2.32. The minimum Gasteiger partial charge on any atom is -0.292 e. The first-order chi connectivity index (χ1) is 19.2. The third-order valence-electron chi connectivity index (χ3n) is 7.84. The third kappa shape index (κ3) is 3.32. The van der Waals surface area contributed by atoms with E-state index in [-0.39, 0.29) is 0 Å². The van der Waals surface area contributed by atoms with Gasteiger partial charge in [-0.1, -0.05) is 109 Å². The summed E-state index contributed by atoms with van der Waals surface area (Å²) >= 11 is 6.75. The molecule has 0 amide bonds. The number of benzene rings is 4. The molecule has 4 aromatic carbocycles. The van der Waals surface area contributed by atoms with Crippen molar-refractivity contribution in [2.24, 2.45) is 0 Å². The minimum absolute atomic E-state index is 0.952. The molecule has 5 heteroatoms. The standard InChI is InChI=1S/C34H24N3PS/c39-38(23-12-3-1-4-13-23,24-14-5-2-6-15-24)32-21-11-18-28-26(32)22-27-33(35-28)25-16-7-9-19-30(25)37-31-20-10-8-17-29(31)36-34(27)37/h1-6,8,10-22H,7,9H2. The molecular formula is C34H24N3PS. The van der Waals surface area contributed by atoms with Crippen molar-refractivity contribution in [1.29, 1.82) is 0 Å². The molecule has 8 rings (SSSR count). The Labute approximate surface area is 230 Å².